The van der Waals surface area contributed by atoms with Gasteiger partial charge in [-0.2, -0.15) is 0 Å². The van der Waals surface area contributed by atoms with Gasteiger partial charge in [-0.25, -0.2) is 4.79 Å². The lowest BCUT2D eigenvalue weighted by atomic mass is 10.1. The van der Waals surface area contributed by atoms with Gasteiger partial charge in [0.15, 0.2) is 0 Å². The Kier molecular flexibility index (Phi) is 6.47. The number of amides is 1. The Bertz CT molecular complexity index is 689. The summed E-state index contributed by atoms with van der Waals surface area (Å²) < 4.78 is 0.588. The number of carboxylic acid groups (broad SMARTS) is 1. The standard InChI is InChI=1S/C16H14BrNO4/c1-3-11(9-19)5-4-10(2)15(20)18-14-7-6-12(17)8-13(14)16(21)22/h3-9H,2H2,1H3,(H,18,20)(H,21,22)/b5-4-,11-3+. The number of allylic oxidation sites excluding steroid dienone is 3. The number of carbonyl (C=O) groups excluding carboxylic acids is 2. The Balaban J connectivity index is 2.92. The molecule has 0 fully saturated rings. The maximum absolute atomic E-state index is 12.0. The van der Waals surface area contributed by atoms with Gasteiger partial charge in [0.25, 0.3) is 5.91 Å². The molecule has 0 saturated carbocycles. The molecule has 1 amide bonds. The fourth-order valence-corrected chi connectivity index (χ4v) is 1.84. The molecular formula is C16H14BrNO4. The number of aldehydes is 1. The van der Waals surface area contributed by atoms with Crippen LogP contribution < -0.4 is 5.32 Å². The molecule has 0 unspecified atom stereocenters. The van der Waals surface area contributed by atoms with Crippen LogP contribution in [0.2, 0.25) is 0 Å². The minimum Gasteiger partial charge on any atom is -0.478 e. The zero-order valence-electron chi connectivity index (χ0n) is 11.8. The molecule has 0 spiro atoms. The number of anilines is 1. The van der Waals surface area contributed by atoms with Gasteiger partial charge in [-0.15, -0.1) is 0 Å². The van der Waals surface area contributed by atoms with Crippen LogP contribution in [0.1, 0.15) is 17.3 Å². The Morgan fingerprint density at radius 2 is 2.00 bits per heavy atom. The topological polar surface area (TPSA) is 83.5 Å². The molecule has 1 rings (SSSR count). The molecule has 0 aliphatic carbocycles. The van der Waals surface area contributed by atoms with Crippen molar-refractivity contribution in [3.8, 4) is 0 Å². The smallest absolute Gasteiger partial charge is 0.337 e. The molecule has 0 radical (unpaired) electrons. The van der Waals surface area contributed by atoms with Gasteiger partial charge < -0.3 is 10.4 Å². The molecule has 22 heavy (non-hydrogen) atoms. The van der Waals surface area contributed by atoms with Crippen molar-refractivity contribution in [3.05, 3.63) is 64.2 Å². The predicted molar refractivity (Wildman–Crippen MR) is 87.8 cm³/mol. The fourth-order valence-electron chi connectivity index (χ4n) is 1.48. The minimum absolute atomic E-state index is 0.0402. The van der Waals surface area contributed by atoms with Gasteiger partial charge in [-0.1, -0.05) is 34.7 Å². The van der Waals surface area contributed by atoms with Gasteiger partial charge in [-0.3, -0.25) is 9.59 Å². The Labute approximate surface area is 136 Å². The molecule has 1 aromatic rings. The summed E-state index contributed by atoms with van der Waals surface area (Å²) in [6.07, 6.45) is 5.08. The number of carbonyl (C=O) groups is 3. The second kappa shape index (κ2) is 8.09. The molecule has 6 heteroatoms. The van der Waals surface area contributed by atoms with Gasteiger partial charge in [-0.05, 0) is 31.2 Å². The number of halogens is 1. The maximum Gasteiger partial charge on any atom is 0.337 e. The first kappa shape index (κ1) is 17.6. The maximum atomic E-state index is 12.0. The van der Waals surface area contributed by atoms with Crippen molar-refractivity contribution in [1.82, 2.24) is 0 Å². The predicted octanol–water partition coefficient (Wildman–Crippen LogP) is 3.34. The van der Waals surface area contributed by atoms with E-state index in [1.807, 2.05) is 0 Å². The summed E-state index contributed by atoms with van der Waals surface area (Å²) in [6, 6.07) is 4.48. The van der Waals surface area contributed by atoms with E-state index in [9.17, 15) is 14.4 Å². The van der Waals surface area contributed by atoms with Gasteiger partial charge in [0, 0.05) is 15.6 Å². The third kappa shape index (κ3) is 4.82. The molecule has 114 valence electrons. The molecule has 0 saturated heterocycles. The summed E-state index contributed by atoms with van der Waals surface area (Å²) in [5.41, 5.74) is 0.628. The highest BCUT2D eigenvalue weighted by atomic mass is 79.9. The second-order valence-corrected chi connectivity index (χ2v) is 5.13. The van der Waals surface area contributed by atoms with Crippen LogP contribution in [-0.2, 0) is 9.59 Å². The van der Waals surface area contributed by atoms with Crippen LogP contribution in [0.5, 0.6) is 0 Å². The van der Waals surface area contributed by atoms with E-state index < -0.39 is 11.9 Å². The summed E-state index contributed by atoms with van der Waals surface area (Å²) in [7, 11) is 0. The quantitative estimate of drug-likeness (QED) is 0.461. The van der Waals surface area contributed by atoms with Crippen molar-refractivity contribution in [2.24, 2.45) is 0 Å². The molecule has 0 bridgehead atoms. The lowest BCUT2D eigenvalue weighted by Gasteiger charge is -2.09. The summed E-state index contributed by atoms with van der Waals surface area (Å²) in [4.78, 5) is 33.8. The van der Waals surface area contributed by atoms with Crippen molar-refractivity contribution in [3.63, 3.8) is 0 Å². The molecule has 0 heterocycles. The van der Waals surface area contributed by atoms with Gasteiger partial charge in [0.2, 0.25) is 0 Å². The number of hydrogen-bond acceptors (Lipinski definition) is 3. The number of benzene rings is 1. The second-order valence-electron chi connectivity index (χ2n) is 4.21. The van der Waals surface area contributed by atoms with Crippen molar-refractivity contribution in [1.29, 1.82) is 0 Å². The molecule has 0 atom stereocenters. The van der Waals surface area contributed by atoms with E-state index in [1.54, 1.807) is 19.1 Å². The number of nitrogens with one attached hydrogen (secondary N) is 1. The monoisotopic (exact) mass is 363 g/mol. The molecule has 0 aliphatic heterocycles. The fraction of sp³-hybridized carbons (Fsp3) is 0.0625. The number of rotatable bonds is 6. The zero-order valence-corrected chi connectivity index (χ0v) is 13.4. The Hall–Kier alpha value is -2.47. The van der Waals surface area contributed by atoms with E-state index in [2.05, 4.69) is 27.8 Å². The van der Waals surface area contributed by atoms with Crippen LogP contribution in [0.15, 0.2) is 58.6 Å². The number of aromatic carboxylic acids is 1. The first-order valence-electron chi connectivity index (χ1n) is 6.21. The van der Waals surface area contributed by atoms with E-state index in [0.29, 0.717) is 16.3 Å². The lowest BCUT2D eigenvalue weighted by Crippen LogP contribution is -2.15. The van der Waals surface area contributed by atoms with Gasteiger partial charge in [0.1, 0.15) is 6.29 Å². The van der Waals surface area contributed by atoms with E-state index in [-0.39, 0.29) is 16.8 Å². The first-order valence-corrected chi connectivity index (χ1v) is 7.01. The molecule has 0 aliphatic rings. The number of carboxylic acids is 1. The average Bonchev–Trinajstić information content (AvgIpc) is 2.49. The SMILES string of the molecule is C=C(/C=C\C(C=O)=C/C)C(=O)Nc1ccc(Br)cc1C(=O)O. The minimum atomic E-state index is -1.16. The molecule has 0 aromatic heterocycles. The summed E-state index contributed by atoms with van der Waals surface area (Å²) in [6.45, 7) is 5.28. The van der Waals surface area contributed by atoms with Crippen LogP contribution in [0.3, 0.4) is 0 Å². The van der Waals surface area contributed by atoms with Gasteiger partial charge >= 0.3 is 5.97 Å². The Morgan fingerprint density at radius 3 is 2.55 bits per heavy atom. The normalized spacial score (nSPS) is 11.3. The summed E-state index contributed by atoms with van der Waals surface area (Å²) in [5.74, 6) is -1.71. The highest BCUT2D eigenvalue weighted by Crippen LogP contribution is 2.21. The molecular weight excluding hydrogens is 350 g/mol. The van der Waals surface area contributed by atoms with Crippen LogP contribution in [-0.4, -0.2) is 23.3 Å². The van der Waals surface area contributed by atoms with Gasteiger partial charge in [0.05, 0.1) is 11.3 Å². The van der Waals surface area contributed by atoms with Crippen LogP contribution in [0, 0.1) is 0 Å². The van der Waals surface area contributed by atoms with Crippen LogP contribution >= 0.6 is 15.9 Å². The van der Waals surface area contributed by atoms with E-state index in [4.69, 9.17) is 5.11 Å². The van der Waals surface area contributed by atoms with Crippen molar-refractivity contribution in [2.75, 3.05) is 5.32 Å². The van der Waals surface area contributed by atoms with E-state index >= 15 is 0 Å². The van der Waals surface area contributed by atoms with E-state index in [0.717, 1.165) is 0 Å². The number of hydrogen-bond donors (Lipinski definition) is 2. The highest BCUT2D eigenvalue weighted by Gasteiger charge is 2.13. The van der Waals surface area contributed by atoms with Crippen molar-refractivity contribution < 1.29 is 19.5 Å². The molecule has 2 N–H and O–H groups in total. The summed E-state index contributed by atoms with van der Waals surface area (Å²) in [5, 5.41) is 11.6. The summed E-state index contributed by atoms with van der Waals surface area (Å²) >= 11 is 3.17. The van der Waals surface area contributed by atoms with Crippen LogP contribution in [0.4, 0.5) is 5.69 Å². The lowest BCUT2D eigenvalue weighted by molar-refractivity contribution is -0.112. The first-order chi connectivity index (χ1) is 10.4. The third-order valence-corrected chi connectivity index (χ3v) is 3.19. The molecule has 5 nitrogen and oxygen atoms in total. The average molecular weight is 364 g/mol. The largest absolute Gasteiger partial charge is 0.478 e. The highest BCUT2D eigenvalue weighted by molar-refractivity contribution is 9.10. The third-order valence-electron chi connectivity index (χ3n) is 2.70. The van der Waals surface area contributed by atoms with Crippen molar-refractivity contribution in [2.45, 2.75) is 6.92 Å². The Morgan fingerprint density at radius 1 is 1.32 bits per heavy atom. The van der Waals surface area contributed by atoms with Crippen LogP contribution in [0.25, 0.3) is 0 Å². The zero-order chi connectivity index (χ0) is 16.7. The van der Waals surface area contributed by atoms with Crippen molar-refractivity contribution >= 4 is 39.8 Å². The van der Waals surface area contributed by atoms with E-state index in [1.165, 1.54) is 24.3 Å². The molecule has 1 aromatic carbocycles.